The molecular weight excluding hydrogens is 204 g/mol. The maximum absolute atomic E-state index is 11.3. The van der Waals surface area contributed by atoms with E-state index in [4.69, 9.17) is 0 Å². The minimum absolute atomic E-state index is 0.593. The lowest BCUT2D eigenvalue weighted by Gasteiger charge is -2.13. The Morgan fingerprint density at radius 1 is 1.44 bits per heavy atom. The molecule has 1 N–H and O–H groups in total. The van der Waals surface area contributed by atoms with Gasteiger partial charge in [0.2, 0.25) is 0 Å². The van der Waals surface area contributed by atoms with Crippen molar-refractivity contribution in [2.24, 2.45) is 0 Å². The molecule has 0 fully saturated rings. The van der Waals surface area contributed by atoms with Crippen LogP contribution in [-0.4, -0.2) is 24.3 Å². The van der Waals surface area contributed by atoms with Gasteiger partial charge in [-0.1, -0.05) is 43.3 Å². The molecule has 0 saturated carbocycles. The molecular formula is C13H16O3. The van der Waals surface area contributed by atoms with E-state index in [-0.39, 0.29) is 0 Å². The molecule has 0 aliphatic carbocycles. The lowest BCUT2D eigenvalue weighted by atomic mass is 9.99. The van der Waals surface area contributed by atoms with Gasteiger partial charge in [-0.2, -0.15) is 0 Å². The van der Waals surface area contributed by atoms with Crippen LogP contribution in [-0.2, 0) is 9.53 Å². The number of hydrogen-bond donors (Lipinski definition) is 1. The van der Waals surface area contributed by atoms with Crippen molar-refractivity contribution in [3.63, 3.8) is 0 Å². The van der Waals surface area contributed by atoms with Gasteiger partial charge in [0.25, 0.3) is 0 Å². The van der Waals surface area contributed by atoms with Crippen molar-refractivity contribution < 1.29 is 14.6 Å². The Labute approximate surface area is 95.4 Å². The molecule has 0 aromatic heterocycles. The van der Waals surface area contributed by atoms with Gasteiger partial charge in [-0.05, 0) is 17.6 Å². The van der Waals surface area contributed by atoms with E-state index in [1.807, 2.05) is 43.3 Å². The fraction of sp³-hybridized carbons (Fsp3) is 0.308. The SMILES string of the molecule is CCC=C(c1ccccc1)C(O)C(=O)OC. The first-order valence-corrected chi connectivity index (χ1v) is 5.22. The molecule has 3 heteroatoms. The number of benzene rings is 1. The highest BCUT2D eigenvalue weighted by Gasteiger charge is 2.21. The number of esters is 1. The zero-order chi connectivity index (χ0) is 12.0. The number of carbonyl (C=O) groups excluding carboxylic acids is 1. The highest BCUT2D eigenvalue weighted by molar-refractivity contribution is 5.90. The summed E-state index contributed by atoms with van der Waals surface area (Å²) < 4.78 is 4.53. The van der Waals surface area contributed by atoms with Crippen LogP contribution in [0.1, 0.15) is 18.9 Å². The van der Waals surface area contributed by atoms with Gasteiger partial charge in [-0.15, -0.1) is 0 Å². The van der Waals surface area contributed by atoms with Crippen molar-refractivity contribution in [2.45, 2.75) is 19.4 Å². The van der Waals surface area contributed by atoms with Crippen LogP contribution in [0.3, 0.4) is 0 Å². The standard InChI is InChI=1S/C13H16O3/c1-3-7-11(12(14)13(15)16-2)10-8-5-4-6-9-10/h4-9,12,14H,3H2,1-2H3. The molecule has 1 atom stereocenters. The van der Waals surface area contributed by atoms with E-state index in [1.165, 1.54) is 7.11 Å². The molecule has 0 saturated heterocycles. The maximum Gasteiger partial charge on any atom is 0.339 e. The van der Waals surface area contributed by atoms with Crippen molar-refractivity contribution >= 4 is 11.5 Å². The molecule has 0 radical (unpaired) electrons. The average molecular weight is 220 g/mol. The molecule has 0 amide bonds. The van der Waals surface area contributed by atoms with Crippen molar-refractivity contribution in [2.75, 3.05) is 7.11 Å². The van der Waals surface area contributed by atoms with E-state index >= 15 is 0 Å². The molecule has 0 aliphatic heterocycles. The minimum Gasteiger partial charge on any atom is -0.467 e. The lowest BCUT2D eigenvalue weighted by molar-refractivity contribution is -0.147. The number of carbonyl (C=O) groups is 1. The zero-order valence-corrected chi connectivity index (χ0v) is 9.51. The third-order valence-corrected chi connectivity index (χ3v) is 2.25. The molecule has 0 aliphatic rings. The molecule has 0 spiro atoms. The molecule has 16 heavy (non-hydrogen) atoms. The van der Waals surface area contributed by atoms with Crippen LogP contribution in [0.25, 0.3) is 5.57 Å². The molecule has 1 rings (SSSR count). The molecule has 1 aromatic carbocycles. The van der Waals surface area contributed by atoms with E-state index in [2.05, 4.69) is 4.74 Å². The van der Waals surface area contributed by atoms with Gasteiger partial charge in [0.05, 0.1) is 7.11 Å². The Balaban J connectivity index is 3.02. The third-order valence-electron chi connectivity index (χ3n) is 2.25. The Bertz CT molecular complexity index is 368. The Hall–Kier alpha value is -1.61. The molecule has 3 nitrogen and oxygen atoms in total. The third kappa shape index (κ3) is 2.94. The van der Waals surface area contributed by atoms with E-state index in [0.29, 0.717) is 5.57 Å². The second kappa shape index (κ2) is 6.08. The first kappa shape index (κ1) is 12.5. The van der Waals surface area contributed by atoms with Crippen LogP contribution < -0.4 is 0 Å². The van der Waals surface area contributed by atoms with Gasteiger partial charge < -0.3 is 9.84 Å². The summed E-state index contributed by atoms with van der Waals surface area (Å²) in [6.45, 7) is 1.95. The number of allylic oxidation sites excluding steroid dienone is 1. The monoisotopic (exact) mass is 220 g/mol. The van der Waals surface area contributed by atoms with Crippen LogP contribution in [0, 0.1) is 0 Å². The molecule has 0 bridgehead atoms. The minimum atomic E-state index is -1.22. The summed E-state index contributed by atoms with van der Waals surface area (Å²) in [6.07, 6.45) is 1.36. The van der Waals surface area contributed by atoms with E-state index < -0.39 is 12.1 Å². The Kier molecular flexibility index (Phi) is 4.73. The first-order valence-electron chi connectivity index (χ1n) is 5.22. The summed E-state index contributed by atoms with van der Waals surface area (Å²) in [6, 6.07) is 9.32. The molecule has 1 aromatic rings. The van der Waals surface area contributed by atoms with Crippen molar-refractivity contribution in [3.8, 4) is 0 Å². The van der Waals surface area contributed by atoms with Crippen molar-refractivity contribution in [1.29, 1.82) is 0 Å². The van der Waals surface area contributed by atoms with Gasteiger partial charge >= 0.3 is 5.97 Å². The van der Waals surface area contributed by atoms with Gasteiger partial charge in [-0.25, -0.2) is 4.79 Å². The normalized spacial score (nSPS) is 13.3. The van der Waals surface area contributed by atoms with Crippen LogP contribution >= 0.6 is 0 Å². The predicted molar refractivity (Wildman–Crippen MR) is 62.7 cm³/mol. The van der Waals surface area contributed by atoms with Crippen LogP contribution in [0.15, 0.2) is 36.4 Å². The summed E-state index contributed by atoms with van der Waals surface area (Å²) in [5, 5.41) is 9.82. The Morgan fingerprint density at radius 2 is 2.06 bits per heavy atom. The Morgan fingerprint density at radius 3 is 2.56 bits per heavy atom. The summed E-state index contributed by atoms with van der Waals surface area (Å²) in [5.74, 6) is -0.636. The van der Waals surface area contributed by atoms with E-state index in [0.717, 1.165) is 12.0 Å². The summed E-state index contributed by atoms with van der Waals surface area (Å²) in [7, 11) is 1.26. The number of rotatable bonds is 4. The number of hydrogen-bond acceptors (Lipinski definition) is 3. The van der Waals surface area contributed by atoms with Gasteiger partial charge in [0.1, 0.15) is 0 Å². The van der Waals surface area contributed by atoms with Gasteiger partial charge in [-0.3, -0.25) is 0 Å². The van der Waals surface area contributed by atoms with Gasteiger partial charge in [0.15, 0.2) is 6.10 Å². The lowest BCUT2D eigenvalue weighted by Crippen LogP contribution is -2.23. The largest absolute Gasteiger partial charge is 0.467 e. The summed E-state index contributed by atoms with van der Waals surface area (Å²) in [5.41, 5.74) is 1.43. The number of methoxy groups -OCH3 is 1. The quantitative estimate of drug-likeness (QED) is 0.789. The van der Waals surface area contributed by atoms with E-state index in [1.54, 1.807) is 0 Å². The van der Waals surface area contributed by atoms with Crippen molar-refractivity contribution in [3.05, 3.63) is 42.0 Å². The number of ether oxygens (including phenoxy) is 1. The smallest absolute Gasteiger partial charge is 0.339 e. The van der Waals surface area contributed by atoms with E-state index in [9.17, 15) is 9.90 Å². The molecule has 0 heterocycles. The second-order valence-corrected chi connectivity index (χ2v) is 3.36. The summed E-state index contributed by atoms with van der Waals surface area (Å²) >= 11 is 0. The highest BCUT2D eigenvalue weighted by Crippen LogP contribution is 2.19. The maximum atomic E-state index is 11.3. The predicted octanol–water partition coefficient (Wildman–Crippen LogP) is 2.01. The summed E-state index contributed by atoms with van der Waals surface area (Å²) in [4.78, 5) is 11.3. The fourth-order valence-electron chi connectivity index (χ4n) is 1.48. The highest BCUT2D eigenvalue weighted by atomic mass is 16.5. The fourth-order valence-corrected chi connectivity index (χ4v) is 1.48. The topological polar surface area (TPSA) is 46.5 Å². The van der Waals surface area contributed by atoms with Crippen LogP contribution in [0.4, 0.5) is 0 Å². The van der Waals surface area contributed by atoms with Crippen molar-refractivity contribution in [1.82, 2.24) is 0 Å². The zero-order valence-electron chi connectivity index (χ0n) is 9.51. The molecule has 1 unspecified atom stereocenters. The first-order chi connectivity index (χ1) is 7.70. The van der Waals surface area contributed by atoms with Crippen LogP contribution in [0.2, 0.25) is 0 Å². The average Bonchev–Trinajstić information content (AvgIpc) is 2.35. The second-order valence-electron chi connectivity index (χ2n) is 3.36. The van der Waals surface area contributed by atoms with Crippen LogP contribution in [0.5, 0.6) is 0 Å². The molecule has 86 valence electrons. The number of aliphatic hydroxyl groups is 1. The number of aliphatic hydroxyl groups excluding tert-OH is 1. The van der Waals surface area contributed by atoms with Gasteiger partial charge in [0, 0.05) is 0 Å².